The first kappa shape index (κ1) is 14.7. The van der Waals surface area contributed by atoms with Gasteiger partial charge in [-0.2, -0.15) is 12.6 Å². The van der Waals surface area contributed by atoms with E-state index < -0.39 is 0 Å². The van der Waals surface area contributed by atoms with Gasteiger partial charge in [0.2, 0.25) is 0 Å². The molecule has 0 bridgehead atoms. The van der Waals surface area contributed by atoms with Gasteiger partial charge in [0, 0.05) is 12.3 Å². The summed E-state index contributed by atoms with van der Waals surface area (Å²) in [5.74, 6) is 4.26. The third kappa shape index (κ3) is 4.77. The summed E-state index contributed by atoms with van der Waals surface area (Å²) in [5.41, 5.74) is 0. The zero-order valence-electron chi connectivity index (χ0n) is 11.9. The Bertz CT molecular complexity index is 219. The van der Waals surface area contributed by atoms with Gasteiger partial charge in [-0.3, -0.25) is 0 Å². The van der Waals surface area contributed by atoms with Gasteiger partial charge in [-0.25, -0.2) is 0 Å². The molecule has 3 atom stereocenters. The van der Waals surface area contributed by atoms with E-state index in [1.807, 2.05) is 0 Å². The van der Waals surface area contributed by atoms with E-state index >= 15 is 0 Å². The Balaban J connectivity index is 1.54. The van der Waals surface area contributed by atoms with Crippen LogP contribution in [0, 0.1) is 17.8 Å². The maximum atomic E-state index is 4.21. The quantitative estimate of drug-likeness (QED) is 0.519. The summed E-state index contributed by atoms with van der Waals surface area (Å²) in [7, 11) is 0. The SMILES string of the molecule is SCCNCCCC[C@@H]1CC[C@@H]2CCCC[C@H]2C1. The highest BCUT2D eigenvalue weighted by molar-refractivity contribution is 7.80. The molecule has 2 rings (SSSR count). The molecule has 2 fully saturated rings. The number of hydrogen-bond donors (Lipinski definition) is 2. The highest BCUT2D eigenvalue weighted by Crippen LogP contribution is 2.43. The van der Waals surface area contributed by atoms with E-state index in [1.165, 1.54) is 45.1 Å². The third-order valence-electron chi connectivity index (χ3n) is 5.15. The second-order valence-corrected chi connectivity index (χ2v) is 6.90. The molecular formula is C16H31NS. The van der Waals surface area contributed by atoms with Crippen molar-refractivity contribution >= 4 is 12.6 Å². The summed E-state index contributed by atoms with van der Waals surface area (Å²) in [6.45, 7) is 2.26. The highest BCUT2D eigenvalue weighted by Gasteiger charge is 2.31. The van der Waals surface area contributed by atoms with Crippen LogP contribution in [0.15, 0.2) is 0 Å². The fourth-order valence-electron chi connectivity index (χ4n) is 4.12. The third-order valence-corrected chi connectivity index (χ3v) is 5.38. The largest absolute Gasteiger partial charge is 0.316 e. The lowest BCUT2D eigenvalue weighted by Crippen LogP contribution is -2.27. The number of fused-ring (bicyclic) bond motifs is 1. The maximum absolute atomic E-state index is 4.21. The molecule has 0 aliphatic heterocycles. The molecule has 2 aliphatic carbocycles. The number of thiol groups is 1. The zero-order chi connectivity index (χ0) is 12.6. The Morgan fingerprint density at radius 1 is 0.889 bits per heavy atom. The summed E-state index contributed by atoms with van der Waals surface area (Å²) < 4.78 is 0. The summed E-state index contributed by atoms with van der Waals surface area (Å²) in [5, 5.41) is 3.44. The Morgan fingerprint density at radius 2 is 1.72 bits per heavy atom. The van der Waals surface area contributed by atoms with Crippen LogP contribution < -0.4 is 5.32 Å². The van der Waals surface area contributed by atoms with Crippen molar-refractivity contribution < 1.29 is 0 Å². The first-order valence-corrected chi connectivity index (χ1v) is 8.85. The van der Waals surface area contributed by atoms with Crippen molar-refractivity contribution in [2.45, 2.75) is 64.2 Å². The van der Waals surface area contributed by atoms with E-state index in [1.54, 1.807) is 25.7 Å². The Hall–Kier alpha value is 0.310. The molecule has 1 N–H and O–H groups in total. The van der Waals surface area contributed by atoms with Gasteiger partial charge in [0.25, 0.3) is 0 Å². The first-order valence-electron chi connectivity index (χ1n) is 8.21. The van der Waals surface area contributed by atoms with Crippen LogP contribution in [0.2, 0.25) is 0 Å². The molecule has 0 radical (unpaired) electrons. The van der Waals surface area contributed by atoms with E-state index in [0.29, 0.717) is 0 Å². The van der Waals surface area contributed by atoms with Crippen molar-refractivity contribution in [3.63, 3.8) is 0 Å². The summed E-state index contributed by atoms with van der Waals surface area (Å²) in [4.78, 5) is 0. The van der Waals surface area contributed by atoms with Crippen molar-refractivity contribution in [2.75, 3.05) is 18.8 Å². The summed E-state index contributed by atoms with van der Waals surface area (Å²) in [6.07, 6.45) is 15.1. The van der Waals surface area contributed by atoms with Crippen LogP contribution in [-0.2, 0) is 0 Å². The molecule has 106 valence electrons. The predicted molar refractivity (Wildman–Crippen MR) is 83.4 cm³/mol. The van der Waals surface area contributed by atoms with Gasteiger partial charge >= 0.3 is 0 Å². The van der Waals surface area contributed by atoms with Gasteiger partial charge in [-0.15, -0.1) is 0 Å². The molecule has 0 unspecified atom stereocenters. The molecule has 18 heavy (non-hydrogen) atoms. The van der Waals surface area contributed by atoms with E-state index in [2.05, 4.69) is 17.9 Å². The fraction of sp³-hybridized carbons (Fsp3) is 1.00. The maximum Gasteiger partial charge on any atom is 0.00397 e. The highest BCUT2D eigenvalue weighted by atomic mass is 32.1. The second kappa shape index (κ2) is 8.47. The van der Waals surface area contributed by atoms with Crippen LogP contribution in [0.25, 0.3) is 0 Å². The molecular weight excluding hydrogens is 238 g/mol. The van der Waals surface area contributed by atoms with Crippen LogP contribution >= 0.6 is 12.6 Å². The lowest BCUT2D eigenvalue weighted by molar-refractivity contribution is 0.124. The van der Waals surface area contributed by atoms with Crippen molar-refractivity contribution in [3.8, 4) is 0 Å². The molecule has 2 heteroatoms. The normalized spacial score (nSPS) is 32.2. The number of unbranched alkanes of at least 4 members (excludes halogenated alkanes) is 1. The molecule has 2 aliphatic rings. The smallest absolute Gasteiger partial charge is 0.00397 e. The van der Waals surface area contributed by atoms with Crippen molar-refractivity contribution in [1.29, 1.82) is 0 Å². The predicted octanol–water partition coefficient (Wildman–Crippen LogP) is 4.28. The van der Waals surface area contributed by atoms with E-state index in [4.69, 9.17) is 0 Å². The fourth-order valence-corrected chi connectivity index (χ4v) is 4.28. The van der Waals surface area contributed by atoms with Crippen molar-refractivity contribution in [2.24, 2.45) is 17.8 Å². The van der Waals surface area contributed by atoms with Crippen molar-refractivity contribution in [3.05, 3.63) is 0 Å². The lowest BCUT2D eigenvalue weighted by atomic mass is 9.67. The van der Waals surface area contributed by atoms with Gasteiger partial charge in [-0.1, -0.05) is 44.9 Å². The number of nitrogens with one attached hydrogen (secondary N) is 1. The van der Waals surface area contributed by atoms with Gasteiger partial charge in [0.15, 0.2) is 0 Å². The lowest BCUT2D eigenvalue weighted by Gasteiger charge is -2.39. The van der Waals surface area contributed by atoms with Crippen LogP contribution in [0.4, 0.5) is 0 Å². The minimum atomic E-state index is 0.964. The van der Waals surface area contributed by atoms with Crippen LogP contribution in [0.5, 0.6) is 0 Å². The van der Waals surface area contributed by atoms with Gasteiger partial charge < -0.3 is 5.32 Å². The topological polar surface area (TPSA) is 12.0 Å². The zero-order valence-corrected chi connectivity index (χ0v) is 12.8. The minimum absolute atomic E-state index is 0.964. The first-order chi connectivity index (χ1) is 8.90. The molecule has 0 aromatic rings. The summed E-state index contributed by atoms with van der Waals surface area (Å²) >= 11 is 4.21. The van der Waals surface area contributed by atoms with Gasteiger partial charge in [0.1, 0.15) is 0 Å². The second-order valence-electron chi connectivity index (χ2n) is 6.45. The molecule has 0 saturated heterocycles. The summed E-state index contributed by atoms with van der Waals surface area (Å²) in [6, 6.07) is 0. The number of hydrogen-bond acceptors (Lipinski definition) is 2. The average molecular weight is 269 g/mol. The van der Waals surface area contributed by atoms with Crippen LogP contribution in [-0.4, -0.2) is 18.8 Å². The molecule has 2 saturated carbocycles. The molecule has 0 aromatic carbocycles. The van der Waals surface area contributed by atoms with E-state index in [0.717, 1.165) is 30.1 Å². The minimum Gasteiger partial charge on any atom is -0.316 e. The molecule has 0 heterocycles. The average Bonchev–Trinajstić information content (AvgIpc) is 2.42. The molecule has 1 nitrogen and oxygen atoms in total. The Kier molecular flexibility index (Phi) is 6.93. The van der Waals surface area contributed by atoms with Gasteiger partial charge in [0.05, 0.1) is 0 Å². The molecule has 0 aromatic heterocycles. The number of rotatable bonds is 7. The van der Waals surface area contributed by atoms with Crippen LogP contribution in [0.1, 0.15) is 64.2 Å². The Morgan fingerprint density at radius 3 is 2.56 bits per heavy atom. The molecule has 0 spiro atoms. The Labute approximate surface area is 119 Å². The van der Waals surface area contributed by atoms with Gasteiger partial charge in [-0.05, 0) is 43.6 Å². The van der Waals surface area contributed by atoms with Crippen LogP contribution in [0.3, 0.4) is 0 Å². The monoisotopic (exact) mass is 269 g/mol. The van der Waals surface area contributed by atoms with E-state index in [9.17, 15) is 0 Å². The standard InChI is InChI=1S/C16H31NS/c18-12-11-17-10-4-3-5-14-8-9-15-6-1-2-7-16(15)13-14/h14-18H,1-13H2/t14-,15+,16+/m1/s1. The van der Waals surface area contributed by atoms with E-state index in [-0.39, 0.29) is 0 Å². The molecule has 0 amide bonds. The van der Waals surface area contributed by atoms with Crippen molar-refractivity contribution in [1.82, 2.24) is 5.32 Å².